The molecule has 29 heavy (non-hydrogen) atoms. The Labute approximate surface area is 166 Å². The van der Waals surface area contributed by atoms with Gasteiger partial charge in [-0.2, -0.15) is 5.10 Å². The molecule has 2 heterocycles. The van der Waals surface area contributed by atoms with Crippen molar-refractivity contribution in [3.63, 3.8) is 0 Å². The smallest absolute Gasteiger partial charge is 0.235 e. The summed E-state index contributed by atoms with van der Waals surface area (Å²) in [6, 6.07) is 15.1. The minimum absolute atomic E-state index is 0.0825. The van der Waals surface area contributed by atoms with Crippen LogP contribution in [-0.4, -0.2) is 27.0 Å². The second-order valence-electron chi connectivity index (χ2n) is 8.12. The fourth-order valence-electron chi connectivity index (χ4n) is 4.37. The first-order valence-electron chi connectivity index (χ1n) is 9.90. The Morgan fingerprint density at radius 3 is 2.86 bits per heavy atom. The molecule has 2 saturated carbocycles. The average Bonchev–Trinajstić information content (AvgIpc) is 3.63. The number of hydrogen-bond donors (Lipinski definition) is 3. The molecule has 3 aromatic rings. The highest BCUT2D eigenvalue weighted by Crippen LogP contribution is 2.60. The molecule has 2 unspecified atom stereocenters. The van der Waals surface area contributed by atoms with E-state index in [-0.39, 0.29) is 17.7 Å². The van der Waals surface area contributed by atoms with Crippen LogP contribution in [0.4, 0.5) is 11.4 Å². The summed E-state index contributed by atoms with van der Waals surface area (Å²) >= 11 is 0. The number of aromatic nitrogens is 3. The molecule has 6 rings (SSSR count). The number of benzene rings is 2. The zero-order valence-electron chi connectivity index (χ0n) is 15.6. The molecule has 0 radical (unpaired) electrons. The summed E-state index contributed by atoms with van der Waals surface area (Å²) in [5.41, 5.74) is 2.54. The van der Waals surface area contributed by atoms with Crippen molar-refractivity contribution in [2.24, 2.45) is 5.92 Å². The van der Waals surface area contributed by atoms with Crippen LogP contribution in [0.25, 0.3) is 11.4 Å². The quantitative estimate of drug-likeness (QED) is 0.642. The van der Waals surface area contributed by atoms with E-state index < -0.39 is 5.41 Å². The van der Waals surface area contributed by atoms with Gasteiger partial charge in [0.25, 0.3) is 0 Å². The van der Waals surface area contributed by atoms with Gasteiger partial charge in [0.05, 0.1) is 11.3 Å². The second kappa shape index (κ2) is 5.76. The van der Waals surface area contributed by atoms with E-state index in [2.05, 4.69) is 25.8 Å². The highest BCUT2D eigenvalue weighted by molar-refractivity contribution is 6.14. The minimum Gasteiger partial charge on any atom is -0.326 e. The lowest BCUT2D eigenvalue weighted by Gasteiger charge is -2.10. The van der Waals surface area contributed by atoms with Crippen molar-refractivity contribution in [1.29, 1.82) is 0 Å². The van der Waals surface area contributed by atoms with Gasteiger partial charge >= 0.3 is 0 Å². The third-order valence-corrected chi connectivity index (χ3v) is 6.19. The number of nitrogens with zero attached hydrogens (tertiary/aromatic N) is 2. The maximum Gasteiger partial charge on any atom is 0.235 e. The number of carbonyl (C=O) groups excluding carboxylic acids is 2. The van der Waals surface area contributed by atoms with Gasteiger partial charge in [-0.1, -0.05) is 30.3 Å². The van der Waals surface area contributed by atoms with E-state index >= 15 is 0 Å². The second-order valence-corrected chi connectivity index (χ2v) is 8.12. The molecule has 7 nitrogen and oxygen atoms in total. The number of aromatic amines is 1. The third kappa shape index (κ3) is 2.50. The largest absolute Gasteiger partial charge is 0.326 e. The Kier molecular flexibility index (Phi) is 3.27. The van der Waals surface area contributed by atoms with Crippen molar-refractivity contribution in [1.82, 2.24) is 15.2 Å². The van der Waals surface area contributed by atoms with Crippen molar-refractivity contribution < 1.29 is 9.59 Å². The molecular weight excluding hydrogens is 366 g/mol. The summed E-state index contributed by atoms with van der Waals surface area (Å²) in [7, 11) is 0. The Balaban J connectivity index is 1.22. The highest BCUT2D eigenvalue weighted by atomic mass is 16.2. The van der Waals surface area contributed by atoms with Gasteiger partial charge in [-0.25, -0.2) is 4.98 Å². The van der Waals surface area contributed by atoms with Gasteiger partial charge < -0.3 is 10.6 Å². The molecule has 2 atom stereocenters. The van der Waals surface area contributed by atoms with Crippen LogP contribution in [0.3, 0.4) is 0 Å². The number of anilines is 2. The molecule has 2 fully saturated rings. The lowest BCUT2D eigenvalue weighted by atomic mass is 9.94. The predicted octanol–water partition coefficient (Wildman–Crippen LogP) is 3.20. The number of amides is 2. The molecule has 1 spiro atoms. The molecule has 7 heteroatoms. The Morgan fingerprint density at radius 1 is 1.14 bits per heavy atom. The van der Waals surface area contributed by atoms with Gasteiger partial charge in [0.1, 0.15) is 5.82 Å². The Bertz CT molecular complexity index is 1170. The summed E-state index contributed by atoms with van der Waals surface area (Å²) in [4.78, 5) is 30.1. The van der Waals surface area contributed by atoms with Gasteiger partial charge in [-0.3, -0.25) is 14.7 Å². The number of H-pyrrole nitrogens is 1. The molecule has 1 aromatic heterocycles. The molecule has 144 valence electrons. The number of fused-ring (bicyclic) bond motifs is 2. The van der Waals surface area contributed by atoms with E-state index in [4.69, 9.17) is 0 Å². The van der Waals surface area contributed by atoms with Gasteiger partial charge in [0.2, 0.25) is 11.8 Å². The normalized spacial score (nSPS) is 24.3. The van der Waals surface area contributed by atoms with Crippen LogP contribution in [0.1, 0.15) is 36.6 Å². The monoisotopic (exact) mass is 385 g/mol. The van der Waals surface area contributed by atoms with Crippen molar-refractivity contribution in [3.8, 4) is 11.4 Å². The van der Waals surface area contributed by atoms with Crippen molar-refractivity contribution in [2.75, 3.05) is 10.6 Å². The summed E-state index contributed by atoms with van der Waals surface area (Å²) in [6.45, 7) is 0. The van der Waals surface area contributed by atoms with Crippen LogP contribution < -0.4 is 10.6 Å². The van der Waals surface area contributed by atoms with Gasteiger partial charge in [0, 0.05) is 22.9 Å². The van der Waals surface area contributed by atoms with E-state index in [9.17, 15) is 9.59 Å². The summed E-state index contributed by atoms with van der Waals surface area (Å²) in [6.07, 6.45) is 2.85. The maximum absolute atomic E-state index is 12.9. The Hall–Kier alpha value is -3.48. The van der Waals surface area contributed by atoms with Crippen LogP contribution in [-0.2, 0) is 15.0 Å². The first kappa shape index (κ1) is 16.5. The third-order valence-electron chi connectivity index (χ3n) is 6.19. The number of rotatable bonds is 4. The predicted molar refractivity (Wildman–Crippen MR) is 107 cm³/mol. The summed E-state index contributed by atoms with van der Waals surface area (Å²) in [5.74, 6) is 1.49. The van der Waals surface area contributed by atoms with Crippen LogP contribution >= 0.6 is 0 Å². The fourth-order valence-corrected chi connectivity index (χ4v) is 4.37. The molecule has 1 aliphatic heterocycles. The molecule has 2 aromatic carbocycles. The number of carbonyl (C=O) groups is 2. The van der Waals surface area contributed by atoms with Crippen LogP contribution in [0, 0.1) is 5.92 Å². The number of para-hydroxylation sites is 1. The van der Waals surface area contributed by atoms with Crippen molar-refractivity contribution in [2.45, 2.75) is 30.6 Å². The molecule has 3 N–H and O–H groups in total. The molecule has 2 amide bonds. The molecule has 3 aliphatic rings. The zero-order valence-corrected chi connectivity index (χ0v) is 15.6. The number of hydrogen-bond acceptors (Lipinski definition) is 4. The molecule has 2 aliphatic carbocycles. The van der Waals surface area contributed by atoms with E-state index in [0.717, 1.165) is 35.5 Å². The zero-order chi connectivity index (χ0) is 19.6. The van der Waals surface area contributed by atoms with E-state index in [1.165, 1.54) is 0 Å². The standard InChI is InChI=1S/C22H19N5O2/c28-20(16-11-22(16)15-6-1-2-7-17(15)24-21(22)29)23-14-5-3-4-13(10-14)19-25-18(26-27-19)12-8-9-12/h1-7,10,12,16H,8-9,11H2,(H,23,28)(H,24,29)(H,25,26,27). The van der Waals surface area contributed by atoms with Crippen LogP contribution in [0.2, 0.25) is 0 Å². The molecular formula is C22H19N5O2. The van der Waals surface area contributed by atoms with Gasteiger partial charge in [-0.05, 0) is 43.0 Å². The first-order valence-corrected chi connectivity index (χ1v) is 9.90. The van der Waals surface area contributed by atoms with E-state index in [0.29, 0.717) is 23.9 Å². The Morgan fingerprint density at radius 2 is 2.00 bits per heavy atom. The van der Waals surface area contributed by atoms with E-state index in [1.54, 1.807) is 0 Å². The topological polar surface area (TPSA) is 99.8 Å². The van der Waals surface area contributed by atoms with E-state index in [1.807, 2.05) is 48.5 Å². The number of nitrogens with one attached hydrogen (secondary N) is 3. The van der Waals surface area contributed by atoms with Gasteiger partial charge in [0.15, 0.2) is 5.82 Å². The lowest BCUT2D eigenvalue weighted by molar-refractivity contribution is -0.122. The molecule has 0 saturated heterocycles. The van der Waals surface area contributed by atoms with Crippen LogP contribution in [0.5, 0.6) is 0 Å². The summed E-state index contributed by atoms with van der Waals surface area (Å²) < 4.78 is 0. The fraction of sp³-hybridized carbons (Fsp3) is 0.273. The maximum atomic E-state index is 12.9. The minimum atomic E-state index is -0.721. The average molecular weight is 385 g/mol. The van der Waals surface area contributed by atoms with Gasteiger partial charge in [-0.15, -0.1) is 0 Å². The highest BCUT2D eigenvalue weighted by Gasteiger charge is 2.67. The van der Waals surface area contributed by atoms with Crippen LogP contribution in [0.15, 0.2) is 48.5 Å². The molecule has 0 bridgehead atoms. The lowest BCUT2D eigenvalue weighted by Crippen LogP contribution is -2.27. The summed E-state index contributed by atoms with van der Waals surface area (Å²) in [5, 5.41) is 13.2. The van der Waals surface area contributed by atoms with Crippen molar-refractivity contribution >= 4 is 23.2 Å². The first-order chi connectivity index (χ1) is 14.1. The SMILES string of the molecule is O=C(Nc1cccc(-c2n[nH]c(C3CC3)n2)c1)C1CC12C(=O)Nc1ccccc12. The van der Waals surface area contributed by atoms with Crippen molar-refractivity contribution in [3.05, 3.63) is 59.9 Å².